The van der Waals surface area contributed by atoms with E-state index in [1.165, 1.54) is 38.5 Å². The Hall–Kier alpha value is -1.58. The van der Waals surface area contributed by atoms with E-state index in [0.29, 0.717) is 12.8 Å². The fourth-order valence-corrected chi connectivity index (χ4v) is 3.02. The predicted octanol–water partition coefficient (Wildman–Crippen LogP) is 5.83. The molecule has 0 aliphatic heterocycles. The van der Waals surface area contributed by atoms with Gasteiger partial charge in [-0.05, 0) is 65.2 Å². The molecule has 0 radical (unpaired) electrons. The Morgan fingerprint density at radius 2 is 0.964 bits per heavy atom. The Labute approximate surface area is 173 Å². The molecular formula is C24H44N2O2. The van der Waals surface area contributed by atoms with Gasteiger partial charge < -0.3 is 10.6 Å². The molecule has 0 aromatic rings. The van der Waals surface area contributed by atoms with Gasteiger partial charge in [0.2, 0.25) is 11.8 Å². The van der Waals surface area contributed by atoms with Crippen LogP contribution in [0, 0.1) is 0 Å². The summed E-state index contributed by atoms with van der Waals surface area (Å²) in [6.45, 7) is 5.66. The maximum Gasteiger partial charge on any atom is 0.219 e. The molecule has 0 saturated heterocycles. The Kier molecular flexibility index (Phi) is 20.5. The average molecular weight is 393 g/mol. The van der Waals surface area contributed by atoms with Gasteiger partial charge in [0.25, 0.3) is 0 Å². The van der Waals surface area contributed by atoms with Crippen molar-refractivity contribution < 1.29 is 9.59 Å². The molecule has 162 valence electrons. The van der Waals surface area contributed by atoms with Crippen LogP contribution in [0.25, 0.3) is 0 Å². The molecule has 2 N–H and O–H groups in total. The Bertz CT molecular complexity index is 390. The molecule has 0 aromatic carbocycles. The summed E-state index contributed by atoms with van der Waals surface area (Å²) in [5.41, 5.74) is 0. The number of rotatable bonds is 19. The number of carbonyl (C=O) groups is 2. The first-order valence-electron chi connectivity index (χ1n) is 11.5. The molecule has 0 saturated carbocycles. The summed E-state index contributed by atoms with van der Waals surface area (Å²) in [4.78, 5) is 23.5. The zero-order valence-corrected chi connectivity index (χ0v) is 18.4. The first-order valence-corrected chi connectivity index (χ1v) is 11.5. The highest BCUT2D eigenvalue weighted by molar-refractivity contribution is 5.77. The van der Waals surface area contributed by atoms with Gasteiger partial charge in [-0.1, -0.05) is 50.0 Å². The van der Waals surface area contributed by atoms with E-state index in [9.17, 15) is 9.59 Å². The second kappa shape index (κ2) is 21.7. The molecule has 28 heavy (non-hydrogen) atoms. The number of amides is 2. The topological polar surface area (TPSA) is 58.2 Å². The highest BCUT2D eigenvalue weighted by Crippen LogP contribution is 2.05. The van der Waals surface area contributed by atoms with Crippen molar-refractivity contribution in [3.8, 4) is 0 Å². The van der Waals surface area contributed by atoms with Crippen LogP contribution in [-0.4, -0.2) is 24.9 Å². The third-order valence-electron chi connectivity index (χ3n) is 4.77. The Balaban J connectivity index is 3.34. The molecule has 0 bridgehead atoms. The molecule has 0 fully saturated rings. The summed E-state index contributed by atoms with van der Waals surface area (Å²) >= 11 is 0. The van der Waals surface area contributed by atoms with E-state index in [1.54, 1.807) is 0 Å². The van der Waals surface area contributed by atoms with Crippen LogP contribution in [0.5, 0.6) is 0 Å². The van der Waals surface area contributed by atoms with Gasteiger partial charge in [0.05, 0.1) is 0 Å². The molecule has 0 aliphatic carbocycles. The normalized spacial score (nSPS) is 11.4. The zero-order valence-electron chi connectivity index (χ0n) is 18.4. The van der Waals surface area contributed by atoms with Crippen molar-refractivity contribution in [2.75, 3.05) is 13.1 Å². The van der Waals surface area contributed by atoms with Gasteiger partial charge in [-0.25, -0.2) is 0 Å². The number of hydrogen-bond donors (Lipinski definition) is 2. The largest absolute Gasteiger partial charge is 0.356 e. The first-order chi connectivity index (χ1) is 13.7. The maximum absolute atomic E-state index is 11.8. The number of allylic oxidation sites excluding steroid dienone is 4. The summed E-state index contributed by atoms with van der Waals surface area (Å²) in [5.74, 6) is 0.236. The lowest BCUT2D eigenvalue weighted by Crippen LogP contribution is -2.25. The van der Waals surface area contributed by atoms with Crippen molar-refractivity contribution in [2.45, 2.75) is 104 Å². The number of hydrogen-bond acceptors (Lipinski definition) is 2. The van der Waals surface area contributed by atoms with Crippen molar-refractivity contribution >= 4 is 11.8 Å². The summed E-state index contributed by atoms with van der Waals surface area (Å²) in [7, 11) is 0. The van der Waals surface area contributed by atoms with Gasteiger partial charge in [-0.15, -0.1) is 0 Å². The van der Waals surface area contributed by atoms with Crippen LogP contribution in [0.15, 0.2) is 24.3 Å². The van der Waals surface area contributed by atoms with E-state index in [4.69, 9.17) is 0 Å². The minimum Gasteiger partial charge on any atom is -0.356 e. The molecule has 0 unspecified atom stereocenters. The summed E-state index contributed by atoms with van der Waals surface area (Å²) in [6, 6.07) is 0. The van der Waals surface area contributed by atoms with Gasteiger partial charge >= 0.3 is 0 Å². The van der Waals surface area contributed by atoms with E-state index >= 15 is 0 Å². The van der Waals surface area contributed by atoms with E-state index in [1.807, 2.05) is 0 Å². The SMILES string of the molecule is C/C=C/CCCCCCNC(=O)CCCCC(=O)NCCCCCC/C=C/C. The second-order valence-corrected chi connectivity index (χ2v) is 7.45. The summed E-state index contributed by atoms with van der Waals surface area (Å²) in [6.07, 6.45) is 22.9. The fourth-order valence-electron chi connectivity index (χ4n) is 3.02. The highest BCUT2D eigenvalue weighted by Gasteiger charge is 2.03. The number of carbonyl (C=O) groups excluding carboxylic acids is 2. The summed E-state index contributed by atoms with van der Waals surface area (Å²) < 4.78 is 0. The third kappa shape index (κ3) is 20.7. The van der Waals surface area contributed by atoms with E-state index in [0.717, 1.165) is 51.6 Å². The highest BCUT2D eigenvalue weighted by atomic mass is 16.2. The minimum absolute atomic E-state index is 0.118. The van der Waals surface area contributed by atoms with Crippen molar-refractivity contribution in [3.05, 3.63) is 24.3 Å². The number of unbranched alkanes of at least 4 members (excludes halogenated alkanes) is 9. The van der Waals surface area contributed by atoms with Crippen molar-refractivity contribution in [1.29, 1.82) is 0 Å². The minimum atomic E-state index is 0.118. The van der Waals surface area contributed by atoms with Crippen molar-refractivity contribution in [3.63, 3.8) is 0 Å². The van der Waals surface area contributed by atoms with Crippen LogP contribution in [0.1, 0.15) is 104 Å². The maximum atomic E-state index is 11.8. The van der Waals surface area contributed by atoms with Crippen LogP contribution in [0.2, 0.25) is 0 Å². The lowest BCUT2D eigenvalue weighted by atomic mass is 10.1. The molecule has 0 rings (SSSR count). The molecule has 0 spiro atoms. The predicted molar refractivity (Wildman–Crippen MR) is 120 cm³/mol. The second-order valence-electron chi connectivity index (χ2n) is 7.45. The van der Waals surface area contributed by atoms with Crippen LogP contribution < -0.4 is 10.6 Å². The van der Waals surface area contributed by atoms with Gasteiger partial charge in [-0.2, -0.15) is 0 Å². The molecule has 0 aliphatic rings. The average Bonchev–Trinajstić information content (AvgIpc) is 2.69. The molecular weight excluding hydrogens is 348 g/mol. The van der Waals surface area contributed by atoms with Crippen LogP contribution in [0.3, 0.4) is 0 Å². The van der Waals surface area contributed by atoms with Gasteiger partial charge in [-0.3, -0.25) is 9.59 Å². The molecule has 2 amide bonds. The smallest absolute Gasteiger partial charge is 0.219 e. The van der Waals surface area contributed by atoms with Gasteiger partial charge in [0.1, 0.15) is 0 Å². The Morgan fingerprint density at radius 3 is 1.36 bits per heavy atom. The number of nitrogens with one attached hydrogen (secondary N) is 2. The van der Waals surface area contributed by atoms with Gasteiger partial charge in [0.15, 0.2) is 0 Å². The Morgan fingerprint density at radius 1 is 0.571 bits per heavy atom. The van der Waals surface area contributed by atoms with Crippen molar-refractivity contribution in [1.82, 2.24) is 10.6 Å². The van der Waals surface area contributed by atoms with Crippen LogP contribution in [-0.2, 0) is 9.59 Å². The quantitative estimate of drug-likeness (QED) is 0.214. The molecule has 0 heterocycles. The van der Waals surface area contributed by atoms with Crippen molar-refractivity contribution in [2.24, 2.45) is 0 Å². The third-order valence-corrected chi connectivity index (χ3v) is 4.77. The fraction of sp³-hybridized carbons (Fsp3) is 0.750. The molecule has 4 heteroatoms. The lowest BCUT2D eigenvalue weighted by Gasteiger charge is -2.06. The summed E-state index contributed by atoms with van der Waals surface area (Å²) in [5, 5.41) is 5.96. The monoisotopic (exact) mass is 392 g/mol. The van der Waals surface area contributed by atoms with E-state index < -0.39 is 0 Å². The van der Waals surface area contributed by atoms with E-state index in [2.05, 4.69) is 48.8 Å². The zero-order chi connectivity index (χ0) is 20.7. The standard InChI is InChI=1S/C24H44N2O2/c1-3-5-7-9-11-13-17-21-25-23(27)19-15-16-20-24(28)26-22-18-14-12-10-8-6-4-2/h3-6H,7-22H2,1-2H3,(H,25,27)(H,26,28)/b5-3+,6-4+. The first kappa shape index (κ1) is 26.4. The van der Waals surface area contributed by atoms with Gasteiger partial charge in [0, 0.05) is 25.9 Å². The molecule has 0 atom stereocenters. The lowest BCUT2D eigenvalue weighted by molar-refractivity contribution is -0.123. The van der Waals surface area contributed by atoms with Crippen LogP contribution >= 0.6 is 0 Å². The van der Waals surface area contributed by atoms with Crippen LogP contribution in [0.4, 0.5) is 0 Å². The molecule has 4 nitrogen and oxygen atoms in total. The van der Waals surface area contributed by atoms with E-state index in [-0.39, 0.29) is 11.8 Å². The molecule has 0 aromatic heterocycles.